The van der Waals surface area contributed by atoms with Crippen LogP contribution >= 0.6 is 11.8 Å². The molecule has 0 fully saturated rings. The summed E-state index contributed by atoms with van der Waals surface area (Å²) in [5.74, 6) is 2.48. The first-order chi connectivity index (χ1) is 14.0. The molecule has 2 aromatic heterocycles. The predicted molar refractivity (Wildman–Crippen MR) is 90.9 cm³/mol. The Bertz CT molecular complexity index is 1050. The number of nitrogens with two attached hydrogens (primary N) is 1. The Morgan fingerprint density at radius 1 is 1.13 bits per heavy atom. The van der Waals surface area contributed by atoms with Gasteiger partial charge in [-0.2, -0.15) is 31.4 Å². The summed E-state index contributed by atoms with van der Waals surface area (Å²) < 4.78 is 78.3. The number of amides is 1. The van der Waals surface area contributed by atoms with Crippen molar-refractivity contribution in [2.75, 3.05) is 16.9 Å². The largest absolute Gasteiger partial charge is 0.453 e. The zero-order chi connectivity index (χ0) is 22.1. The Kier molecular flexibility index (Phi) is 5.60. The molecule has 1 aromatic carbocycles. The number of alkyl halides is 6. The molecular weight excluding hydrogens is 442 g/mol. The van der Waals surface area contributed by atoms with Gasteiger partial charge in [-0.1, -0.05) is 11.8 Å². The Hall–Kier alpha value is -3.30. The molecule has 0 saturated carbocycles. The number of nitrogens with zero attached hydrogens (tertiary/aromatic N) is 6. The second-order valence-corrected chi connectivity index (χ2v) is 6.52. The topological polar surface area (TPSA) is 117 Å². The maximum absolute atomic E-state index is 13.0. The van der Waals surface area contributed by atoms with Crippen LogP contribution in [-0.2, 0) is 17.1 Å². The van der Waals surface area contributed by atoms with Gasteiger partial charge in [0.2, 0.25) is 11.1 Å². The number of anilines is 1. The van der Waals surface area contributed by atoms with Gasteiger partial charge in [-0.25, -0.2) is 14.3 Å². The zero-order valence-electron chi connectivity index (χ0n) is 14.4. The van der Waals surface area contributed by atoms with E-state index in [-0.39, 0.29) is 16.1 Å². The van der Waals surface area contributed by atoms with Crippen LogP contribution in [0.1, 0.15) is 11.4 Å². The number of hydrogen-bond acceptors (Lipinski definition) is 7. The molecular formula is C14H10F6N8OS. The Morgan fingerprint density at radius 2 is 1.87 bits per heavy atom. The molecule has 9 nitrogen and oxygen atoms in total. The van der Waals surface area contributed by atoms with Crippen LogP contribution in [0, 0.1) is 0 Å². The van der Waals surface area contributed by atoms with Gasteiger partial charge in [-0.05, 0) is 18.2 Å². The minimum Gasteiger partial charge on any atom is -0.335 e. The van der Waals surface area contributed by atoms with Crippen molar-refractivity contribution in [1.29, 1.82) is 0 Å². The van der Waals surface area contributed by atoms with E-state index in [1.54, 1.807) is 0 Å². The molecule has 0 bridgehead atoms. The fourth-order valence-electron chi connectivity index (χ4n) is 2.23. The number of benzene rings is 1. The van der Waals surface area contributed by atoms with E-state index in [9.17, 15) is 31.1 Å². The molecule has 1 amide bonds. The van der Waals surface area contributed by atoms with Crippen molar-refractivity contribution in [2.45, 2.75) is 17.5 Å². The van der Waals surface area contributed by atoms with Crippen LogP contribution < -0.4 is 11.2 Å². The maximum Gasteiger partial charge on any atom is 0.453 e. The molecule has 0 atom stereocenters. The number of nitrogen functional groups attached to an aromatic ring is 1. The van der Waals surface area contributed by atoms with Gasteiger partial charge in [-0.15, -0.1) is 10.2 Å². The van der Waals surface area contributed by atoms with Crippen molar-refractivity contribution in [3.63, 3.8) is 0 Å². The molecule has 2 heterocycles. The van der Waals surface area contributed by atoms with Crippen LogP contribution in [0.15, 0.2) is 36.0 Å². The molecule has 3 rings (SSSR count). The summed E-state index contributed by atoms with van der Waals surface area (Å²) in [6, 6.07) is 2.59. The fraction of sp³-hybridized carbons (Fsp3) is 0.214. The van der Waals surface area contributed by atoms with Gasteiger partial charge >= 0.3 is 12.4 Å². The molecule has 0 unspecified atom stereocenters. The van der Waals surface area contributed by atoms with Crippen molar-refractivity contribution < 1.29 is 31.1 Å². The number of hydrogen-bond donors (Lipinski definition) is 2. The van der Waals surface area contributed by atoms with E-state index in [1.807, 2.05) is 0 Å². The van der Waals surface area contributed by atoms with Crippen molar-refractivity contribution >= 4 is 23.4 Å². The van der Waals surface area contributed by atoms with E-state index in [0.717, 1.165) is 23.1 Å². The lowest BCUT2D eigenvalue weighted by Crippen LogP contribution is -2.22. The quantitative estimate of drug-likeness (QED) is 0.347. The van der Waals surface area contributed by atoms with E-state index in [4.69, 9.17) is 5.84 Å². The summed E-state index contributed by atoms with van der Waals surface area (Å²) in [6.45, 7) is 0. The summed E-state index contributed by atoms with van der Waals surface area (Å²) in [5, 5.41) is 11.8. The molecule has 0 spiro atoms. The molecule has 160 valence electrons. The van der Waals surface area contributed by atoms with E-state index in [0.29, 0.717) is 17.8 Å². The zero-order valence-corrected chi connectivity index (χ0v) is 15.3. The van der Waals surface area contributed by atoms with Gasteiger partial charge in [0.25, 0.3) is 5.82 Å². The second-order valence-electron chi connectivity index (χ2n) is 5.58. The van der Waals surface area contributed by atoms with Gasteiger partial charge in [-0.3, -0.25) is 4.79 Å². The molecule has 0 aliphatic heterocycles. The lowest BCUT2D eigenvalue weighted by molar-refractivity contribution is -0.146. The third-order valence-corrected chi connectivity index (χ3v) is 4.46. The Morgan fingerprint density at radius 3 is 2.43 bits per heavy atom. The molecule has 3 aromatic rings. The van der Waals surface area contributed by atoms with Gasteiger partial charge < -0.3 is 11.2 Å². The molecule has 0 saturated heterocycles. The lowest BCUT2D eigenvalue weighted by atomic mass is 10.1. The molecule has 3 N–H and O–H groups in total. The van der Waals surface area contributed by atoms with Gasteiger partial charge in [0.15, 0.2) is 0 Å². The third kappa shape index (κ3) is 4.64. The standard InChI is InChI=1S/C14H10F6N8OS/c15-13(16,17)7-1-2-9(27-6-22-5-23-27)8(3-7)24-10(29)4-30-12-26-25-11(28(12)21)14(18,19)20/h1-3,5-6H,4,21H2,(H,24,29). The van der Waals surface area contributed by atoms with Crippen LogP contribution in [0.25, 0.3) is 5.69 Å². The van der Waals surface area contributed by atoms with Crippen molar-refractivity contribution in [3.05, 3.63) is 42.2 Å². The third-order valence-electron chi connectivity index (χ3n) is 3.51. The van der Waals surface area contributed by atoms with E-state index in [2.05, 4.69) is 25.6 Å². The predicted octanol–water partition coefficient (Wildman–Crippen LogP) is 2.34. The molecule has 0 aliphatic carbocycles. The van der Waals surface area contributed by atoms with Crippen LogP contribution in [0.4, 0.5) is 32.0 Å². The lowest BCUT2D eigenvalue weighted by Gasteiger charge is -2.14. The highest BCUT2D eigenvalue weighted by Gasteiger charge is 2.38. The highest BCUT2D eigenvalue weighted by atomic mass is 32.2. The molecule has 30 heavy (non-hydrogen) atoms. The number of aromatic nitrogens is 6. The first-order valence-corrected chi connectivity index (χ1v) is 8.72. The smallest absolute Gasteiger partial charge is 0.335 e. The summed E-state index contributed by atoms with van der Waals surface area (Å²) in [7, 11) is 0. The normalized spacial score (nSPS) is 12.2. The molecule has 0 radical (unpaired) electrons. The van der Waals surface area contributed by atoms with Crippen LogP contribution in [-0.4, -0.2) is 41.3 Å². The monoisotopic (exact) mass is 452 g/mol. The van der Waals surface area contributed by atoms with Crippen LogP contribution in [0.5, 0.6) is 0 Å². The van der Waals surface area contributed by atoms with Crippen molar-refractivity contribution in [2.24, 2.45) is 0 Å². The average Bonchev–Trinajstić information content (AvgIpc) is 3.28. The average molecular weight is 452 g/mol. The summed E-state index contributed by atoms with van der Waals surface area (Å²) in [5.41, 5.74) is -1.16. The summed E-state index contributed by atoms with van der Waals surface area (Å²) in [6.07, 6.45) is -7.15. The maximum atomic E-state index is 13.0. The minimum atomic E-state index is -4.84. The highest BCUT2D eigenvalue weighted by Crippen LogP contribution is 2.33. The van der Waals surface area contributed by atoms with Gasteiger partial charge in [0.1, 0.15) is 12.7 Å². The van der Waals surface area contributed by atoms with Crippen molar-refractivity contribution in [3.8, 4) is 5.69 Å². The number of carbonyl (C=O) groups excluding carboxylic acids is 1. The van der Waals surface area contributed by atoms with E-state index >= 15 is 0 Å². The van der Waals surface area contributed by atoms with E-state index in [1.165, 1.54) is 6.33 Å². The number of halogens is 6. The molecule has 0 aliphatic rings. The number of nitrogens with one attached hydrogen (secondary N) is 1. The summed E-state index contributed by atoms with van der Waals surface area (Å²) in [4.78, 5) is 15.9. The highest BCUT2D eigenvalue weighted by molar-refractivity contribution is 7.99. The first-order valence-electron chi connectivity index (χ1n) is 7.73. The van der Waals surface area contributed by atoms with E-state index < -0.39 is 40.6 Å². The second kappa shape index (κ2) is 7.85. The number of carbonyl (C=O) groups is 1. The Labute approximate surface area is 167 Å². The molecule has 16 heteroatoms. The first kappa shape index (κ1) is 21.4. The fourth-order valence-corrected chi connectivity index (χ4v) is 2.89. The van der Waals surface area contributed by atoms with Gasteiger partial charge in [0.05, 0.1) is 22.7 Å². The van der Waals surface area contributed by atoms with Crippen LogP contribution in [0.2, 0.25) is 0 Å². The number of rotatable bonds is 5. The van der Waals surface area contributed by atoms with Gasteiger partial charge in [0, 0.05) is 0 Å². The Balaban J connectivity index is 1.78. The summed E-state index contributed by atoms with van der Waals surface area (Å²) >= 11 is 0.520. The minimum absolute atomic E-state index is 0.0974. The number of thioether (sulfide) groups is 1. The van der Waals surface area contributed by atoms with Crippen molar-refractivity contribution in [1.82, 2.24) is 29.6 Å². The SMILES string of the molecule is Nn1c(SCC(=O)Nc2cc(C(F)(F)F)ccc2-n2cncn2)nnc1C(F)(F)F. The van der Waals surface area contributed by atoms with Crippen LogP contribution in [0.3, 0.4) is 0 Å².